The minimum Gasteiger partial charge on any atom is -0.486 e. The highest BCUT2D eigenvalue weighted by Crippen LogP contribution is 2.23. The Bertz CT molecular complexity index is 1250. The van der Waals surface area contributed by atoms with E-state index in [2.05, 4.69) is 20.3 Å². The maximum Gasteiger partial charge on any atom is 0.235 e. The Labute approximate surface area is 163 Å². The zero-order valence-electron chi connectivity index (χ0n) is 13.9. The van der Waals surface area contributed by atoms with Crippen LogP contribution in [0, 0.1) is 0 Å². The van der Waals surface area contributed by atoms with Crippen molar-refractivity contribution in [2.75, 3.05) is 0 Å². The molecule has 6 nitrogen and oxygen atoms in total. The lowest BCUT2D eigenvalue weighted by atomic mass is 10.2. The van der Waals surface area contributed by atoms with Crippen molar-refractivity contribution < 1.29 is 4.74 Å². The van der Waals surface area contributed by atoms with E-state index in [0.717, 1.165) is 27.4 Å². The van der Waals surface area contributed by atoms with Gasteiger partial charge in [-0.1, -0.05) is 47.2 Å². The standard InChI is InChI=1S/C19H12ClN5OS/c20-13-6-8-14(9-7-13)26-11-17-24-25-18(22-23-19(25)27-17)16-10-5-12-3-1-2-4-15(12)21-16/h1-10H,11H2. The van der Waals surface area contributed by atoms with Gasteiger partial charge in [-0.05, 0) is 36.4 Å². The van der Waals surface area contributed by atoms with Crippen molar-refractivity contribution in [3.8, 4) is 17.3 Å². The smallest absolute Gasteiger partial charge is 0.235 e. The van der Waals surface area contributed by atoms with Gasteiger partial charge < -0.3 is 4.74 Å². The van der Waals surface area contributed by atoms with Gasteiger partial charge in [-0.3, -0.25) is 0 Å². The first-order valence-corrected chi connectivity index (χ1v) is 9.41. The number of benzene rings is 2. The van der Waals surface area contributed by atoms with Crippen molar-refractivity contribution >= 4 is 38.8 Å². The lowest BCUT2D eigenvalue weighted by Crippen LogP contribution is -1.98. The zero-order valence-corrected chi connectivity index (χ0v) is 15.5. The van der Waals surface area contributed by atoms with Crippen LogP contribution < -0.4 is 4.74 Å². The van der Waals surface area contributed by atoms with Crippen LogP contribution >= 0.6 is 22.9 Å². The summed E-state index contributed by atoms with van der Waals surface area (Å²) in [5, 5.41) is 15.6. The van der Waals surface area contributed by atoms with Gasteiger partial charge in [0.1, 0.15) is 18.1 Å². The van der Waals surface area contributed by atoms with E-state index in [1.165, 1.54) is 11.3 Å². The van der Waals surface area contributed by atoms with Gasteiger partial charge in [0.2, 0.25) is 10.8 Å². The maximum absolute atomic E-state index is 5.89. The SMILES string of the molecule is Clc1ccc(OCc2nn3c(-c4ccc5ccccc5n4)nnc3s2)cc1. The summed E-state index contributed by atoms with van der Waals surface area (Å²) in [6.45, 7) is 0.347. The normalized spacial score (nSPS) is 11.3. The Kier molecular flexibility index (Phi) is 3.95. The van der Waals surface area contributed by atoms with Crippen molar-refractivity contribution in [1.29, 1.82) is 0 Å². The first kappa shape index (κ1) is 16.2. The van der Waals surface area contributed by atoms with Crippen molar-refractivity contribution in [3.05, 3.63) is 70.7 Å². The molecule has 0 aliphatic rings. The molecule has 5 rings (SSSR count). The third-order valence-corrected chi connectivity index (χ3v) is 5.16. The third kappa shape index (κ3) is 3.11. The molecule has 0 bridgehead atoms. The summed E-state index contributed by atoms with van der Waals surface area (Å²) in [7, 11) is 0. The Morgan fingerprint density at radius 1 is 0.963 bits per heavy atom. The highest BCUT2D eigenvalue weighted by Gasteiger charge is 2.15. The molecule has 2 aromatic carbocycles. The molecule has 0 saturated carbocycles. The second kappa shape index (κ2) is 6.61. The molecule has 0 saturated heterocycles. The molecule has 0 fully saturated rings. The number of aromatic nitrogens is 5. The number of para-hydroxylation sites is 1. The zero-order chi connectivity index (χ0) is 18.2. The quantitative estimate of drug-likeness (QED) is 0.445. The van der Waals surface area contributed by atoms with Gasteiger partial charge in [-0.15, -0.1) is 10.2 Å². The van der Waals surface area contributed by atoms with E-state index in [1.54, 1.807) is 16.6 Å². The number of hydrogen-bond donors (Lipinski definition) is 0. The number of fused-ring (bicyclic) bond motifs is 2. The molecule has 0 atom stereocenters. The topological polar surface area (TPSA) is 65.2 Å². The first-order valence-electron chi connectivity index (χ1n) is 8.22. The molecular formula is C19H12ClN5OS. The molecule has 0 spiro atoms. The Morgan fingerprint density at radius 3 is 2.70 bits per heavy atom. The lowest BCUT2D eigenvalue weighted by Gasteiger charge is -2.03. The van der Waals surface area contributed by atoms with Crippen LogP contribution in [0.4, 0.5) is 0 Å². The van der Waals surface area contributed by atoms with Gasteiger partial charge >= 0.3 is 0 Å². The number of hydrogen-bond acceptors (Lipinski definition) is 6. The van der Waals surface area contributed by atoms with Crippen molar-refractivity contribution in [3.63, 3.8) is 0 Å². The van der Waals surface area contributed by atoms with E-state index >= 15 is 0 Å². The minimum atomic E-state index is 0.347. The molecule has 3 aromatic heterocycles. The Hall–Kier alpha value is -3.03. The van der Waals surface area contributed by atoms with Gasteiger partial charge in [0.25, 0.3) is 0 Å². The summed E-state index contributed by atoms with van der Waals surface area (Å²) < 4.78 is 7.47. The van der Waals surface area contributed by atoms with Gasteiger partial charge in [0.05, 0.1) is 5.52 Å². The minimum absolute atomic E-state index is 0.347. The second-order valence-corrected chi connectivity index (χ2v) is 7.32. The number of halogens is 1. The molecule has 3 heterocycles. The lowest BCUT2D eigenvalue weighted by molar-refractivity contribution is 0.304. The average molecular weight is 394 g/mol. The van der Waals surface area contributed by atoms with E-state index in [4.69, 9.17) is 16.3 Å². The summed E-state index contributed by atoms with van der Waals surface area (Å²) in [5.74, 6) is 1.35. The monoisotopic (exact) mass is 393 g/mol. The van der Waals surface area contributed by atoms with Crippen LogP contribution in [0.15, 0.2) is 60.7 Å². The van der Waals surface area contributed by atoms with Crippen LogP contribution in [-0.2, 0) is 6.61 Å². The molecule has 0 amide bonds. The van der Waals surface area contributed by atoms with Crippen LogP contribution in [0.3, 0.4) is 0 Å². The molecule has 8 heteroatoms. The van der Waals surface area contributed by atoms with Crippen LogP contribution in [-0.4, -0.2) is 24.8 Å². The number of pyridine rings is 1. The number of ether oxygens (including phenoxy) is 1. The molecule has 0 unspecified atom stereocenters. The predicted molar refractivity (Wildman–Crippen MR) is 105 cm³/mol. The highest BCUT2D eigenvalue weighted by atomic mass is 35.5. The molecule has 132 valence electrons. The molecule has 0 aliphatic heterocycles. The number of rotatable bonds is 4. The van der Waals surface area contributed by atoms with E-state index < -0.39 is 0 Å². The van der Waals surface area contributed by atoms with E-state index in [9.17, 15) is 0 Å². The predicted octanol–water partition coefficient (Wildman–Crippen LogP) is 4.63. The largest absolute Gasteiger partial charge is 0.486 e. The van der Waals surface area contributed by atoms with Gasteiger partial charge in [-0.2, -0.15) is 9.61 Å². The van der Waals surface area contributed by atoms with E-state index in [-0.39, 0.29) is 0 Å². The fraction of sp³-hybridized carbons (Fsp3) is 0.0526. The van der Waals surface area contributed by atoms with Gasteiger partial charge in [-0.25, -0.2) is 4.98 Å². The van der Waals surface area contributed by atoms with E-state index in [0.29, 0.717) is 22.4 Å². The number of nitrogens with zero attached hydrogens (tertiary/aromatic N) is 5. The van der Waals surface area contributed by atoms with Crippen LogP contribution in [0.1, 0.15) is 5.01 Å². The second-order valence-electron chi connectivity index (χ2n) is 5.85. The summed E-state index contributed by atoms with van der Waals surface area (Å²) in [6.07, 6.45) is 0. The van der Waals surface area contributed by atoms with Crippen LogP contribution in [0.2, 0.25) is 5.02 Å². The summed E-state index contributed by atoms with van der Waals surface area (Å²) in [4.78, 5) is 5.38. The Balaban J connectivity index is 1.44. The highest BCUT2D eigenvalue weighted by molar-refractivity contribution is 7.16. The molecular weight excluding hydrogens is 382 g/mol. The molecule has 27 heavy (non-hydrogen) atoms. The Morgan fingerprint density at radius 2 is 1.81 bits per heavy atom. The molecule has 0 N–H and O–H groups in total. The fourth-order valence-corrected chi connectivity index (χ4v) is 3.61. The summed E-state index contributed by atoms with van der Waals surface area (Å²) >= 11 is 7.33. The summed E-state index contributed by atoms with van der Waals surface area (Å²) in [5.41, 5.74) is 1.64. The first-order chi connectivity index (χ1) is 13.3. The maximum atomic E-state index is 5.89. The molecule has 0 aliphatic carbocycles. The molecule has 0 radical (unpaired) electrons. The van der Waals surface area contributed by atoms with Crippen LogP contribution in [0.5, 0.6) is 5.75 Å². The van der Waals surface area contributed by atoms with Crippen molar-refractivity contribution in [1.82, 2.24) is 24.8 Å². The van der Waals surface area contributed by atoms with E-state index in [1.807, 2.05) is 48.5 Å². The molecule has 5 aromatic rings. The van der Waals surface area contributed by atoms with Gasteiger partial charge in [0.15, 0.2) is 5.01 Å². The summed E-state index contributed by atoms with van der Waals surface area (Å²) in [6, 6.07) is 19.2. The van der Waals surface area contributed by atoms with Crippen molar-refractivity contribution in [2.24, 2.45) is 0 Å². The van der Waals surface area contributed by atoms with Crippen LogP contribution in [0.25, 0.3) is 27.4 Å². The van der Waals surface area contributed by atoms with Gasteiger partial charge in [0, 0.05) is 10.4 Å². The third-order valence-electron chi connectivity index (χ3n) is 4.04. The average Bonchev–Trinajstić information content (AvgIpc) is 3.27. The van der Waals surface area contributed by atoms with Crippen molar-refractivity contribution in [2.45, 2.75) is 6.61 Å². The fourth-order valence-electron chi connectivity index (χ4n) is 2.74.